The number of rotatable bonds is 2. The summed E-state index contributed by atoms with van der Waals surface area (Å²) in [6.07, 6.45) is 2.98. The summed E-state index contributed by atoms with van der Waals surface area (Å²) in [6, 6.07) is 0. The fourth-order valence-corrected chi connectivity index (χ4v) is 5.77. The van der Waals surface area contributed by atoms with E-state index in [2.05, 4.69) is 25.7 Å². The van der Waals surface area contributed by atoms with Crippen molar-refractivity contribution in [3.8, 4) is 0 Å². The normalized spacial score (nSPS) is 23.0. The molecule has 0 unspecified atom stereocenters. The number of sulfone groups is 1. The molecule has 0 aromatic carbocycles. The molecule has 0 aromatic heterocycles. The van der Waals surface area contributed by atoms with Crippen molar-refractivity contribution in [1.82, 2.24) is 9.80 Å². The van der Waals surface area contributed by atoms with Gasteiger partial charge in [-0.05, 0) is 80.3 Å². The standard InChI is InChI=1S/C19H36N2O3S/c1-18(2,3)21-13-7-15(8-14-21)17(22)20-11-9-16(10-12-20)25(23,24)19(4,5)6/h15-16H,7-14H2,1-6H3. The maximum atomic E-state index is 12.8. The van der Waals surface area contributed by atoms with Crippen LogP contribution in [0.5, 0.6) is 0 Å². The first-order valence-corrected chi connectivity index (χ1v) is 11.2. The molecule has 0 aliphatic carbocycles. The number of hydrogen-bond acceptors (Lipinski definition) is 4. The van der Waals surface area contributed by atoms with Crippen LogP contribution in [0, 0.1) is 5.92 Å². The Morgan fingerprint density at radius 3 is 1.72 bits per heavy atom. The average Bonchev–Trinajstić information content (AvgIpc) is 2.52. The fourth-order valence-electron chi connectivity index (χ4n) is 3.94. The minimum atomic E-state index is -3.14. The van der Waals surface area contributed by atoms with Crippen molar-refractivity contribution < 1.29 is 13.2 Å². The molecule has 0 N–H and O–H groups in total. The monoisotopic (exact) mass is 372 g/mol. The number of amides is 1. The first-order valence-electron chi connectivity index (χ1n) is 9.61. The quantitative estimate of drug-likeness (QED) is 0.748. The second-order valence-corrected chi connectivity index (χ2v) is 12.6. The highest BCUT2D eigenvalue weighted by Crippen LogP contribution is 2.30. The van der Waals surface area contributed by atoms with Gasteiger partial charge in [-0.15, -0.1) is 0 Å². The largest absolute Gasteiger partial charge is 0.342 e. The van der Waals surface area contributed by atoms with E-state index in [0.29, 0.717) is 25.9 Å². The van der Waals surface area contributed by atoms with Crippen molar-refractivity contribution in [2.75, 3.05) is 26.2 Å². The van der Waals surface area contributed by atoms with Crippen LogP contribution in [0.2, 0.25) is 0 Å². The summed E-state index contributed by atoms with van der Waals surface area (Å²) in [6.45, 7) is 15.1. The van der Waals surface area contributed by atoms with E-state index in [1.165, 1.54) is 0 Å². The van der Waals surface area contributed by atoms with Crippen LogP contribution < -0.4 is 0 Å². The Kier molecular flexibility index (Phi) is 5.94. The zero-order valence-corrected chi connectivity index (χ0v) is 17.7. The number of carbonyl (C=O) groups is 1. The van der Waals surface area contributed by atoms with Crippen molar-refractivity contribution in [2.24, 2.45) is 5.92 Å². The zero-order valence-electron chi connectivity index (χ0n) is 16.8. The number of hydrogen-bond donors (Lipinski definition) is 0. The van der Waals surface area contributed by atoms with Gasteiger partial charge in [-0.3, -0.25) is 9.69 Å². The molecule has 5 nitrogen and oxygen atoms in total. The molecule has 25 heavy (non-hydrogen) atoms. The summed E-state index contributed by atoms with van der Waals surface area (Å²) < 4.78 is 24.5. The van der Waals surface area contributed by atoms with Gasteiger partial charge in [0.2, 0.25) is 5.91 Å². The Labute approximate surface area is 154 Å². The molecule has 2 rings (SSSR count). The molecule has 2 aliphatic rings. The molecule has 0 atom stereocenters. The highest BCUT2D eigenvalue weighted by Gasteiger charge is 2.40. The minimum Gasteiger partial charge on any atom is -0.342 e. The molecule has 2 aliphatic heterocycles. The third-order valence-electron chi connectivity index (χ3n) is 5.84. The van der Waals surface area contributed by atoms with Gasteiger partial charge in [0.25, 0.3) is 0 Å². The van der Waals surface area contributed by atoms with Gasteiger partial charge < -0.3 is 4.90 Å². The molecule has 1 amide bonds. The van der Waals surface area contributed by atoms with Crippen molar-refractivity contribution in [1.29, 1.82) is 0 Å². The summed E-state index contributed by atoms with van der Waals surface area (Å²) in [7, 11) is -3.14. The SMILES string of the molecule is CC(C)(C)N1CCC(C(=O)N2CCC(S(=O)(=O)C(C)(C)C)CC2)CC1. The second kappa shape index (κ2) is 7.18. The number of nitrogens with zero attached hydrogens (tertiary/aromatic N) is 2. The predicted molar refractivity (Wildman–Crippen MR) is 102 cm³/mol. The highest BCUT2D eigenvalue weighted by molar-refractivity contribution is 7.93. The summed E-state index contributed by atoms with van der Waals surface area (Å²) in [5.74, 6) is 0.342. The van der Waals surface area contributed by atoms with Crippen LogP contribution in [0.1, 0.15) is 67.2 Å². The van der Waals surface area contributed by atoms with Crippen LogP contribution >= 0.6 is 0 Å². The van der Waals surface area contributed by atoms with Gasteiger partial charge in [0, 0.05) is 24.5 Å². The van der Waals surface area contributed by atoms with Gasteiger partial charge in [0.05, 0.1) is 10.00 Å². The smallest absolute Gasteiger partial charge is 0.225 e. The fraction of sp³-hybridized carbons (Fsp3) is 0.947. The number of piperidine rings is 2. The second-order valence-electron chi connectivity index (χ2n) is 9.61. The maximum Gasteiger partial charge on any atom is 0.225 e. The van der Waals surface area contributed by atoms with Crippen molar-refractivity contribution in [3.05, 3.63) is 0 Å². The highest BCUT2D eigenvalue weighted by atomic mass is 32.2. The van der Waals surface area contributed by atoms with E-state index >= 15 is 0 Å². The third kappa shape index (κ3) is 4.57. The Balaban J connectivity index is 1.88. The Morgan fingerprint density at radius 1 is 0.840 bits per heavy atom. The van der Waals surface area contributed by atoms with Crippen LogP contribution in [-0.4, -0.2) is 65.8 Å². The lowest BCUT2D eigenvalue weighted by Crippen LogP contribution is -2.51. The van der Waals surface area contributed by atoms with Gasteiger partial charge in [-0.1, -0.05) is 0 Å². The van der Waals surface area contributed by atoms with Gasteiger partial charge in [-0.2, -0.15) is 0 Å². The van der Waals surface area contributed by atoms with Crippen molar-refractivity contribution >= 4 is 15.7 Å². The molecule has 0 aromatic rings. The first kappa shape index (κ1) is 20.7. The Bertz CT molecular complexity index is 571. The third-order valence-corrected chi connectivity index (χ3v) is 8.90. The summed E-state index contributed by atoms with van der Waals surface area (Å²) in [5, 5.41) is -0.306. The lowest BCUT2D eigenvalue weighted by molar-refractivity contribution is -0.138. The van der Waals surface area contributed by atoms with E-state index in [4.69, 9.17) is 0 Å². The molecule has 146 valence electrons. The van der Waals surface area contributed by atoms with Gasteiger partial charge in [0.1, 0.15) is 0 Å². The Morgan fingerprint density at radius 2 is 1.32 bits per heavy atom. The number of likely N-dealkylation sites (tertiary alicyclic amines) is 2. The van der Waals surface area contributed by atoms with Crippen LogP contribution in [0.4, 0.5) is 0 Å². The van der Waals surface area contributed by atoms with Gasteiger partial charge in [-0.25, -0.2) is 8.42 Å². The van der Waals surface area contributed by atoms with Crippen LogP contribution in [-0.2, 0) is 14.6 Å². The first-order chi connectivity index (χ1) is 11.3. The van der Waals surface area contributed by atoms with E-state index in [1.54, 1.807) is 20.8 Å². The summed E-state index contributed by atoms with van der Waals surface area (Å²) in [5.41, 5.74) is 0.160. The maximum absolute atomic E-state index is 12.8. The lowest BCUT2D eigenvalue weighted by Gasteiger charge is -2.42. The van der Waals surface area contributed by atoms with E-state index in [9.17, 15) is 13.2 Å². The molecule has 0 saturated carbocycles. The van der Waals surface area contributed by atoms with E-state index < -0.39 is 14.6 Å². The molecule has 0 spiro atoms. The van der Waals surface area contributed by atoms with E-state index in [0.717, 1.165) is 25.9 Å². The lowest BCUT2D eigenvalue weighted by atomic mass is 9.91. The minimum absolute atomic E-state index is 0.106. The van der Waals surface area contributed by atoms with Crippen molar-refractivity contribution in [3.63, 3.8) is 0 Å². The molecule has 2 saturated heterocycles. The van der Waals surface area contributed by atoms with Gasteiger partial charge in [0.15, 0.2) is 9.84 Å². The molecular weight excluding hydrogens is 336 g/mol. The molecule has 0 bridgehead atoms. The van der Waals surface area contributed by atoms with Crippen LogP contribution in [0.15, 0.2) is 0 Å². The zero-order chi connectivity index (χ0) is 19.0. The predicted octanol–water partition coefficient (Wildman–Crippen LogP) is 2.70. The molecule has 6 heteroatoms. The molecular formula is C19H36N2O3S. The van der Waals surface area contributed by atoms with E-state index in [1.807, 2.05) is 4.90 Å². The van der Waals surface area contributed by atoms with Crippen LogP contribution in [0.3, 0.4) is 0 Å². The van der Waals surface area contributed by atoms with Crippen LogP contribution in [0.25, 0.3) is 0 Å². The topological polar surface area (TPSA) is 57.7 Å². The van der Waals surface area contributed by atoms with Gasteiger partial charge >= 0.3 is 0 Å². The molecule has 2 fully saturated rings. The summed E-state index contributed by atoms with van der Waals surface area (Å²) in [4.78, 5) is 17.2. The molecule has 0 radical (unpaired) electrons. The van der Waals surface area contributed by atoms with E-state index in [-0.39, 0.29) is 22.6 Å². The summed E-state index contributed by atoms with van der Waals surface area (Å²) >= 11 is 0. The average molecular weight is 373 g/mol. The molecule has 2 heterocycles. The van der Waals surface area contributed by atoms with Crippen molar-refractivity contribution in [2.45, 2.75) is 82.8 Å². The number of carbonyl (C=O) groups excluding carboxylic acids is 1. The Hall–Kier alpha value is -0.620.